The fraction of sp³-hybridized carbons (Fsp3) is 0.385. The minimum atomic E-state index is 0.431. The van der Waals surface area contributed by atoms with Crippen molar-refractivity contribution < 1.29 is 0 Å². The molecule has 0 unspecified atom stereocenters. The standard InChI is InChI=1S/C13H15Cl2N5/c1-8-7-20(6-5-16-8)13-17-12(18-19-13)9-3-2-4-10(14)11(9)15/h2-4,8,16H,5-7H2,1H3,(H,17,18,19)/t8-/m0/s1. The number of piperazine rings is 1. The molecule has 0 aliphatic carbocycles. The zero-order chi connectivity index (χ0) is 14.1. The summed E-state index contributed by atoms with van der Waals surface area (Å²) in [6, 6.07) is 5.90. The van der Waals surface area contributed by atoms with E-state index in [1.807, 2.05) is 12.1 Å². The Bertz CT molecular complexity index is 613. The lowest BCUT2D eigenvalue weighted by atomic mass is 10.2. The number of aromatic nitrogens is 3. The van der Waals surface area contributed by atoms with E-state index in [1.54, 1.807) is 6.07 Å². The SMILES string of the molecule is C[C@H]1CN(c2n[nH]c(-c3cccc(Cl)c3Cl)n2)CCN1. The lowest BCUT2D eigenvalue weighted by Crippen LogP contribution is -2.49. The Hall–Kier alpha value is -1.30. The summed E-state index contributed by atoms with van der Waals surface area (Å²) < 4.78 is 0. The number of hydrogen-bond donors (Lipinski definition) is 2. The zero-order valence-corrected chi connectivity index (χ0v) is 12.5. The third kappa shape index (κ3) is 2.61. The van der Waals surface area contributed by atoms with Crippen LogP contribution < -0.4 is 10.2 Å². The Morgan fingerprint density at radius 1 is 1.35 bits per heavy atom. The first kappa shape index (κ1) is 13.7. The highest BCUT2D eigenvalue weighted by Crippen LogP contribution is 2.32. The highest BCUT2D eigenvalue weighted by atomic mass is 35.5. The molecule has 1 aromatic heterocycles. The zero-order valence-electron chi connectivity index (χ0n) is 11.0. The van der Waals surface area contributed by atoms with Gasteiger partial charge >= 0.3 is 0 Å². The van der Waals surface area contributed by atoms with Gasteiger partial charge < -0.3 is 10.2 Å². The number of H-pyrrole nitrogens is 1. The summed E-state index contributed by atoms with van der Waals surface area (Å²) in [6.45, 7) is 4.86. The van der Waals surface area contributed by atoms with Crippen LogP contribution in [0.2, 0.25) is 10.0 Å². The van der Waals surface area contributed by atoms with Gasteiger partial charge in [-0.2, -0.15) is 4.98 Å². The van der Waals surface area contributed by atoms with E-state index in [9.17, 15) is 0 Å². The van der Waals surface area contributed by atoms with Gasteiger partial charge in [-0.25, -0.2) is 0 Å². The predicted octanol–water partition coefficient (Wildman–Crippen LogP) is 2.58. The van der Waals surface area contributed by atoms with Crippen LogP contribution in [-0.2, 0) is 0 Å². The van der Waals surface area contributed by atoms with E-state index in [1.165, 1.54) is 0 Å². The summed E-state index contributed by atoms with van der Waals surface area (Å²) in [4.78, 5) is 6.68. The van der Waals surface area contributed by atoms with E-state index in [0.717, 1.165) is 25.2 Å². The lowest BCUT2D eigenvalue weighted by Gasteiger charge is -2.30. The molecule has 2 heterocycles. The summed E-state index contributed by atoms with van der Waals surface area (Å²) in [7, 11) is 0. The van der Waals surface area contributed by atoms with Crippen LogP contribution in [0.1, 0.15) is 6.92 Å². The monoisotopic (exact) mass is 311 g/mol. The minimum Gasteiger partial charge on any atom is -0.337 e. The highest BCUT2D eigenvalue weighted by Gasteiger charge is 2.20. The first-order valence-corrected chi connectivity index (χ1v) is 7.26. The molecule has 106 valence electrons. The van der Waals surface area contributed by atoms with Crippen LogP contribution in [0.3, 0.4) is 0 Å². The van der Waals surface area contributed by atoms with Crippen LogP contribution >= 0.6 is 23.2 Å². The molecule has 1 aromatic carbocycles. The van der Waals surface area contributed by atoms with Crippen molar-refractivity contribution >= 4 is 29.2 Å². The van der Waals surface area contributed by atoms with Crippen molar-refractivity contribution in [1.82, 2.24) is 20.5 Å². The second-order valence-corrected chi connectivity index (χ2v) is 5.67. The maximum Gasteiger partial charge on any atom is 0.245 e. The van der Waals surface area contributed by atoms with E-state index < -0.39 is 0 Å². The first-order valence-electron chi connectivity index (χ1n) is 6.50. The Kier molecular flexibility index (Phi) is 3.83. The van der Waals surface area contributed by atoms with Crippen LogP contribution in [-0.4, -0.2) is 40.9 Å². The van der Waals surface area contributed by atoms with Gasteiger partial charge in [0, 0.05) is 31.2 Å². The van der Waals surface area contributed by atoms with E-state index in [0.29, 0.717) is 27.9 Å². The summed E-state index contributed by atoms with van der Waals surface area (Å²) in [6.07, 6.45) is 0. The second kappa shape index (κ2) is 5.60. The number of nitrogens with zero attached hydrogens (tertiary/aromatic N) is 3. The molecule has 1 aliphatic heterocycles. The fourth-order valence-electron chi connectivity index (χ4n) is 2.32. The molecule has 0 radical (unpaired) electrons. The van der Waals surface area contributed by atoms with Gasteiger partial charge in [-0.05, 0) is 19.1 Å². The Labute approximate surface area is 127 Å². The maximum atomic E-state index is 6.20. The molecule has 2 aromatic rings. The van der Waals surface area contributed by atoms with Crippen molar-refractivity contribution in [1.29, 1.82) is 0 Å². The highest BCUT2D eigenvalue weighted by molar-refractivity contribution is 6.43. The molecule has 5 nitrogen and oxygen atoms in total. The number of anilines is 1. The number of nitrogens with one attached hydrogen (secondary N) is 2. The van der Waals surface area contributed by atoms with Gasteiger partial charge in [-0.15, -0.1) is 5.10 Å². The van der Waals surface area contributed by atoms with Crippen molar-refractivity contribution in [3.63, 3.8) is 0 Å². The molecule has 3 rings (SSSR count). The van der Waals surface area contributed by atoms with Crippen LogP contribution in [0.4, 0.5) is 5.95 Å². The first-order chi connectivity index (χ1) is 9.65. The normalized spacial score (nSPS) is 19.4. The van der Waals surface area contributed by atoms with Gasteiger partial charge in [-0.1, -0.05) is 29.3 Å². The minimum absolute atomic E-state index is 0.431. The third-order valence-electron chi connectivity index (χ3n) is 3.33. The molecular formula is C13H15Cl2N5. The molecular weight excluding hydrogens is 297 g/mol. The Morgan fingerprint density at radius 3 is 3.00 bits per heavy atom. The number of rotatable bonds is 2. The number of halogens is 2. The third-order valence-corrected chi connectivity index (χ3v) is 4.15. The summed E-state index contributed by atoms with van der Waals surface area (Å²) in [5, 5.41) is 11.6. The van der Waals surface area contributed by atoms with E-state index >= 15 is 0 Å². The molecule has 20 heavy (non-hydrogen) atoms. The molecule has 2 N–H and O–H groups in total. The maximum absolute atomic E-state index is 6.20. The van der Waals surface area contributed by atoms with Crippen molar-refractivity contribution in [2.24, 2.45) is 0 Å². The predicted molar refractivity (Wildman–Crippen MR) is 81.5 cm³/mol. The molecule has 7 heteroatoms. The van der Waals surface area contributed by atoms with Crippen molar-refractivity contribution in [2.45, 2.75) is 13.0 Å². The van der Waals surface area contributed by atoms with E-state index in [4.69, 9.17) is 23.2 Å². The lowest BCUT2D eigenvalue weighted by molar-refractivity contribution is 0.480. The van der Waals surface area contributed by atoms with Gasteiger partial charge in [0.15, 0.2) is 5.82 Å². The van der Waals surface area contributed by atoms with Gasteiger partial charge in [0.25, 0.3) is 0 Å². The smallest absolute Gasteiger partial charge is 0.245 e. The van der Waals surface area contributed by atoms with Crippen molar-refractivity contribution in [3.05, 3.63) is 28.2 Å². The summed E-state index contributed by atoms with van der Waals surface area (Å²) in [5.74, 6) is 1.34. The average molecular weight is 312 g/mol. The van der Waals surface area contributed by atoms with Crippen molar-refractivity contribution in [3.8, 4) is 11.4 Å². The molecule has 0 spiro atoms. The van der Waals surface area contributed by atoms with Crippen molar-refractivity contribution in [2.75, 3.05) is 24.5 Å². The molecule has 0 amide bonds. The molecule has 1 atom stereocenters. The Morgan fingerprint density at radius 2 is 2.20 bits per heavy atom. The second-order valence-electron chi connectivity index (χ2n) is 4.89. The summed E-state index contributed by atoms with van der Waals surface area (Å²) in [5.41, 5.74) is 0.765. The fourth-order valence-corrected chi connectivity index (χ4v) is 2.71. The van der Waals surface area contributed by atoms with Gasteiger partial charge in [0.1, 0.15) is 0 Å². The number of aromatic amines is 1. The average Bonchev–Trinajstić information content (AvgIpc) is 2.91. The molecule has 1 fully saturated rings. The molecule has 1 aliphatic rings. The van der Waals surface area contributed by atoms with E-state index in [-0.39, 0.29) is 0 Å². The molecule has 0 bridgehead atoms. The summed E-state index contributed by atoms with van der Waals surface area (Å²) >= 11 is 12.2. The van der Waals surface area contributed by atoms with Crippen LogP contribution in [0.25, 0.3) is 11.4 Å². The van der Waals surface area contributed by atoms with E-state index in [2.05, 4.69) is 32.3 Å². The number of benzene rings is 1. The number of hydrogen-bond acceptors (Lipinski definition) is 4. The molecule has 0 saturated carbocycles. The Balaban J connectivity index is 1.88. The van der Waals surface area contributed by atoms with Gasteiger partial charge in [0.2, 0.25) is 5.95 Å². The topological polar surface area (TPSA) is 56.8 Å². The van der Waals surface area contributed by atoms with Gasteiger partial charge in [0.05, 0.1) is 10.0 Å². The van der Waals surface area contributed by atoms with Crippen LogP contribution in [0, 0.1) is 0 Å². The van der Waals surface area contributed by atoms with Crippen LogP contribution in [0.5, 0.6) is 0 Å². The largest absolute Gasteiger partial charge is 0.337 e. The van der Waals surface area contributed by atoms with Crippen LogP contribution in [0.15, 0.2) is 18.2 Å². The van der Waals surface area contributed by atoms with Gasteiger partial charge in [-0.3, -0.25) is 5.10 Å². The molecule has 1 saturated heterocycles. The quantitative estimate of drug-likeness (QED) is 0.895.